The molecule has 2 N–H and O–H groups in total. The molecule has 5 nitrogen and oxygen atoms in total. The maximum Gasteiger partial charge on any atom is 0.295 e. The van der Waals surface area contributed by atoms with Crippen LogP contribution >= 0.6 is 0 Å². The third-order valence-corrected chi connectivity index (χ3v) is 4.90. The van der Waals surface area contributed by atoms with E-state index in [2.05, 4.69) is 0 Å². The second-order valence-electron chi connectivity index (χ2n) is 7.37. The van der Waals surface area contributed by atoms with Gasteiger partial charge in [-0.2, -0.15) is 0 Å². The molecule has 0 aliphatic carbocycles. The van der Waals surface area contributed by atoms with E-state index in [0.29, 0.717) is 24.2 Å². The van der Waals surface area contributed by atoms with Crippen molar-refractivity contribution in [1.29, 1.82) is 0 Å². The molecule has 3 rings (SSSR count). The molecule has 2 aromatic rings. The van der Waals surface area contributed by atoms with Gasteiger partial charge in [0.15, 0.2) is 0 Å². The number of aryl methyl sites for hydroxylation is 1. The lowest BCUT2D eigenvalue weighted by molar-refractivity contribution is -0.857. The summed E-state index contributed by atoms with van der Waals surface area (Å²) < 4.78 is 13.4. The van der Waals surface area contributed by atoms with Gasteiger partial charge in [-0.05, 0) is 24.6 Å². The number of aliphatic hydroxyl groups excluding tert-OH is 1. The number of hydrogen-bond acceptors (Lipinski definition) is 3. The van der Waals surface area contributed by atoms with E-state index in [1.807, 2.05) is 33.2 Å². The molecule has 6 heteroatoms. The number of carbonyl (C=O) groups excluding carboxylic acids is 2. The molecule has 1 fully saturated rings. The first-order valence-corrected chi connectivity index (χ1v) is 9.19. The van der Waals surface area contributed by atoms with Crippen LogP contribution in [0.5, 0.6) is 0 Å². The highest BCUT2D eigenvalue weighted by molar-refractivity contribution is 6.46. The van der Waals surface area contributed by atoms with Crippen LogP contribution in [0.1, 0.15) is 22.7 Å². The van der Waals surface area contributed by atoms with Crippen LogP contribution in [0.15, 0.2) is 54.1 Å². The van der Waals surface area contributed by atoms with E-state index >= 15 is 0 Å². The maximum atomic E-state index is 13.4. The number of nitrogens with zero attached hydrogens (tertiary/aromatic N) is 1. The van der Waals surface area contributed by atoms with Crippen LogP contribution in [0.2, 0.25) is 0 Å². The topological polar surface area (TPSA) is 62.0 Å². The van der Waals surface area contributed by atoms with Crippen molar-refractivity contribution < 1.29 is 24.0 Å². The van der Waals surface area contributed by atoms with Gasteiger partial charge in [-0.25, -0.2) is 4.39 Å². The van der Waals surface area contributed by atoms with E-state index in [0.717, 1.165) is 10.5 Å². The highest BCUT2D eigenvalue weighted by Gasteiger charge is 2.46. The van der Waals surface area contributed by atoms with Crippen LogP contribution in [-0.2, 0) is 9.59 Å². The molecule has 1 aliphatic rings. The lowest BCUT2D eigenvalue weighted by Gasteiger charge is -2.25. The van der Waals surface area contributed by atoms with Crippen LogP contribution in [0.3, 0.4) is 0 Å². The summed E-state index contributed by atoms with van der Waals surface area (Å²) in [5.41, 5.74) is 2.10. The fraction of sp³-hybridized carbons (Fsp3) is 0.273. The average molecular weight is 383 g/mol. The summed E-state index contributed by atoms with van der Waals surface area (Å²) in [6.07, 6.45) is 0. The lowest BCUT2D eigenvalue weighted by Crippen LogP contribution is -3.06. The van der Waals surface area contributed by atoms with Gasteiger partial charge in [0.2, 0.25) is 0 Å². The van der Waals surface area contributed by atoms with E-state index in [-0.39, 0.29) is 11.3 Å². The number of amides is 1. The number of aliphatic hydroxyl groups is 1. The van der Waals surface area contributed by atoms with E-state index in [1.165, 1.54) is 17.0 Å². The van der Waals surface area contributed by atoms with Gasteiger partial charge in [-0.1, -0.05) is 42.0 Å². The highest BCUT2D eigenvalue weighted by Crippen LogP contribution is 2.39. The fourth-order valence-corrected chi connectivity index (χ4v) is 3.31. The number of carbonyl (C=O) groups is 2. The standard InChI is InChI=1S/C22H23FN2O3/c1-14-4-6-16(7-5-14)20(26)18-19(15-8-10-17(23)11-9-15)25(13-12-24(2)3)22(28)21(18)27/h4-11,19,26H,12-13H2,1-3H3/p+1/t19-/m1/s1. The number of likely N-dealkylation sites (N-methyl/N-ethyl adjacent to an activating group) is 1. The summed E-state index contributed by atoms with van der Waals surface area (Å²) in [6.45, 7) is 2.90. The minimum absolute atomic E-state index is 0.0363. The number of benzene rings is 2. The Balaban J connectivity index is 2.13. The summed E-state index contributed by atoms with van der Waals surface area (Å²) in [4.78, 5) is 28.1. The van der Waals surface area contributed by atoms with E-state index in [4.69, 9.17) is 0 Å². The Morgan fingerprint density at radius 2 is 1.68 bits per heavy atom. The number of likely N-dealkylation sites (tertiary alicyclic amines) is 1. The van der Waals surface area contributed by atoms with Gasteiger partial charge < -0.3 is 14.9 Å². The zero-order valence-electron chi connectivity index (χ0n) is 16.2. The van der Waals surface area contributed by atoms with Crippen LogP contribution in [0, 0.1) is 12.7 Å². The highest BCUT2D eigenvalue weighted by atomic mass is 19.1. The first kappa shape index (κ1) is 19.8. The maximum absolute atomic E-state index is 13.4. The van der Waals surface area contributed by atoms with E-state index < -0.39 is 23.5 Å². The smallest absolute Gasteiger partial charge is 0.295 e. The molecule has 1 saturated heterocycles. The Bertz CT molecular complexity index is 918. The summed E-state index contributed by atoms with van der Waals surface area (Å²) in [7, 11) is 3.91. The Hall–Kier alpha value is -2.99. The molecule has 1 amide bonds. The molecule has 2 aromatic carbocycles. The van der Waals surface area contributed by atoms with Crippen molar-refractivity contribution in [3.05, 3.63) is 76.6 Å². The molecule has 0 radical (unpaired) electrons. The van der Waals surface area contributed by atoms with Crippen LogP contribution < -0.4 is 4.90 Å². The third kappa shape index (κ3) is 3.82. The molecule has 1 heterocycles. The van der Waals surface area contributed by atoms with Gasteiger partial charge >= 0.3 is 0 Å². The van der Waals surface area contributed by atoms with Crippen molar-refractivity contribution in [3.8, 4) is 0 Å². The minimum Gasteiger partial charge on any atom is -0.507 e. The molecule has 0 aromatic heterocycles. The first-order chi connectivity index (χ1) is 13.3. The Morgan fingerprint density at radius 3 is 2.25 bits per heavy atom. The molecule has 146 valence electrons. The Morgan fingerprint density at radius 1 is 1.07 bits per heavy atom. The van der Waals surface area contributed by atoms with Crippen molar-refractivity contribution in [1.82, 2.24) is 4.90 Å². The summed E-state index contributed by atoms with van der Waals surface area (Å²) in [6, 6.07) is 12.0. The van der Waals surface area contributed by atoms with Gasteiger partial charge in [-0.15, -0.1) is 0 Å². The monoisotopic (exact) mass is 383 g/mol. The molecule has 1 atom stereocenters. The lowest BCUT2D eigenvalue weighted by atomic mass is 9.95. The Kier molecular flexibility index (Phi) is 5.61. The third-order valence-electron chi connectivity index (χ3n) is 4.90. The largest absolute Gasteiger partial charge is 0.507 e. The summed E-state index contributed by atoms with van der Waals surface area (Å²) in [5.74, 6) is -1.99. The van der Waals surface area contributed by atoms with Crippen molar-refractivity contribution in [2.45, 2.75) is 13.0 Å². The van der Waals surface area contributed by atoms with Gasteiger partial charge in [0.1, 0.15) is 11.6 Å². The minimum atomic E-state index is -0.749. The van der Waals surface area contributed by atoms with Crippen molar-refractivity contribution in [2.75, 3.05) is 27.2 Å². The van der Waals surface area contributed by atoms with E-state index in [1.54, 1.807) is 24.3 Å². The quantitative estimate of drug-likeness (QED) is 0.469. The number of hydrogen-bond donors (Lipinski definition) is 2. The SMILES string of the molecule is Cc1ccc(C(O)=C2C(=O)C(=O)N(CC[NH+](C)C)[C@@H]2c2ccc(F)cc2)cc1. The molecule has 0 unspecified atom stereocenters. The second-order valence-corrected chi connectivity index (χ2v) is 7.37. The fourth-order valence-electron chi connectivity index (χ4n) is 3.31. The summed E-state index contributed by atoms with van der Waals surface area (Å²) >= 11 is 0. The van der Waals surface area contributed by atoms with Crippen molar-refractivity contribution in [2.24, 2.45) is 0 Å². The number of ketones is 1. The van der Waals surface area contributed by atoms with Crippen molar-refractivity contribution >= 4 is 17.4 Å². The van der Waals surface area contributed by atoms with E-state index in [9.17, 15) is 19.1 Å². The molecular formula is C22H24FN2O3+. The molecule has 0 saturated carbocycles. The summed E-state index contributed by atoms with van der Waals surface area (Å²) in [5, 5.41) is 10.9. The van der Waals surface area contributed by atoms with Gasteiger partial charge in [0.25, 0.3) is 11.7 Å². The van der Waals surface area contributed by atoms with Crippen LogP contribution in [-0.4, -0.2) is 48.9 Å². The Labute approximate surface area is 163 Å². The number of Topliss-reactive ketones (excluding diaryl/α,β-unsaturated/α-hetero) is 1. The number of quaternary nitrogens is 1. The van der Waals surface area contributed by atoms with Crippen molar-refractivity contribution in [3.63, 3.8) is 0 Å². The van der Waals surface area contributed by atoms with Gasteiger partial charge in [0.05, 0.1) is 38.8 Å². The number of rotatable bonds is 5. The van der Waals surface area contributed by atoms with Crippen LogP contribution in [0.4, 0.5) is 4.39 Å². The molecule has 0 bridgehead atoms. The molecule has 28 heavy (non-hydrogen) atoms. The predicted molar refractivity (Wildman–Crippen MR) is 104 cm³/mol. The zero-order chi connectivity index (χ0) is 20.4. The molecule has 0 spiro atoms. The number of halogens is 1. The second kappa shape index (κ2) is 7.94. The average Bonchev–Trinajstić information content (AvgIpc) is 2.91. The molecule has 1 aliphatic heterocycles. The first-order valence-electron chi connectivity index (χ1n) is 9.19. The van der Waals surface area contributed by atoms with Gasteiger partial charge in [0, 0.05) is 5.56 Å². The van der Waals surface area contributed by atoms with Crippen LogP contribution in [0.25, 0.3) is 5.76 Å². The zero-order valence-corrected chi connectivity index (χ0v) is 16.2. The predicted octanol–water partition coefficient (Wildman–Crippen LogP) is 1.70. The number of nitrogens with one attached hydrogen (secondary N) is 1. The molecular weight excluding hydrogens is 359 g/mol. The van der Waals surface area contributed by atoms with Gasteiger partial charge in [-0.3, -0.25) is 9.59 Å². The normalized spacial score (nSPS) is 18.9.